The van der Waals surface area contributed by atoms with Gasteiger partial charge in [0.1, 0.15) is 22.8 Å². The summed E-state index contributed by atoms with van der Waals surface area (Å²) in [6.45, 7) is 5.67. The molecule has 1 fully saturated rings. The highest BCUT2D eigenvalue weighted by molar-refractivity contribution is 6.24. The zero-order valence-corrected chi connectivity index (χ0v) is 23.0. The first-order valence-electron chi connectivity index (χ1n) is 13.2. The van der Waals surface area contributed by atoms with Crippen LogP contribution in [0.4, 0.5) is 0 Å². The van der Waals surface area contributed by atoms with Crippen molar-refractivity contribution in [2.45, 2.75) is 63.2 Å². The van der Waals surface area contributed by atoms with Gasteiger partial charge in [0.25, 0.3) is 5.91 Å². The lowest BCUT2D eigenvalue weighted by Gasteiger charge is -2.53. The molecule has 11 heteroatoms. The van der Waals surface area contributed by atoms with Crippen molar-refractivity contribution in [3.8, 4) is 11.8 Å². The Bertz CT molecular complexity index is 1400. The van der Waals surface area contributed by atoms with Gasteiger partial charge in [0.2, 0.25) is 5.78 Å². The van der Waals surface area contributed by atoms with E-state index in [1.165, 1.54) is 19.0 Å². The number of Topliss-reactive ketones (excluding diaryl/α,β-unsaturated/α-hetero) is 2. The smallest absolute Gasteiger partial charge is 0.255 e. The first-order valence-corrected chi connectivity index (χ1v) is 13.2. The number of aliphatic hydroxyl groups is 4. The molecule has 214 valence electrons. The number of benzene rings is 1. The van der Waals surface area contributed by atoms with Gasteiger partial charge in [-0.3, -0.25) is 19.3 Å². The highest BCUT2D eigenvalue weighted by Crippen LogP contribution is 2.56. The van der Waals surface area contributed by atoms with Gasteiger partial charge in [-0.05, 0) is 44.3 Å². The lowest BCUT2D eigenvalue weighted by Crippen LogP contribution is -2.70. The number of ketones is 2. The number of amides is 1. The van der Waals surface area contributed by atoms with Crippen LogP contribution in [0.2, 0.25) is 0 Å². The third-order valence-electron chi connectivity index (χ3n) is 8.72. The third kappa shape index (κ3) is 3.93. The molecule has 3 aliphatic carbocycles. The van der Waals surface area contributed by atoms with Crippen molar-refractivity contribution in [1.82, 2.24) is 4.90 Å². The largest absolute Gasteiger partial charge is 0.508 e. The quantitative estimate of drug-likeness (QED) is 0.280. The Morgan fingerprint density at radius 3 is 2.33 bits per heavy atom. The van der Waals surface area contributed by atoms with Gasteiger partial charge in [0, 0.05) is 17.1 Å². The van der Waals surface area contributed by atoms with E-state index < -0.39 is 87.3 Å². The van der Waals surface area contributed by atoms with Crippen LogP contribution in [0.25, 0.3) is 5.76 Å². The number of likely N-dealkylation sites (N-methyl/N-ethyl adjacent to an activating group) is 1. The highest BCUT2D eigenvalue weighted by Gasteiger charge is 2.68. The van der Waals surface area contributed by atoms with Crippen LogP contribution in [0.1, 0.15) is 62.1 Å². The summed E-state index contributed by atoms with van der Waals surface area (Å²) in [5.41, 5.74) is 1.48. The average Bonchev–Trinajstić information content (AvgIpc) is 2.86. The van der Waals surface area contributed by atoms with Crippen LogP contribution >= 0.6 is 0 Å². The maximum atomic E-state index is 14.1. The van der Waals surface area contributed by atoms with E-state index in [1.54, 1.807) is 19.1 Å². The topological polar surface area (TPSA) is 205 Å². The van der Waals surface area contributed by atoms with E-state index in [1.807, 2.05) is 13.8 Å². The Morgan fingerprint density at radius 2 is 1.80 bits per heavy atom. The second-order valence-electron chi connectivity index (χ2n) is 11.7. The van der Waals surface area contributed by atoms with E-state index in [2.05, 4.69) is 6.07 Å². The number of nitriles is 1. The minimum Gasteiger partial charge on any atom is -0.508 e. The van der Waals surface area contributed by atoms with Gasteiger partial charge in [-0.2, -0.15) is 5.26 Å². The Labute approximate surface area is 231 Å². The van der Waals surface area contributed by atoms with E-state index in [4.69, 9.17) is 5.73 Å². The molecule has 0 saturated heterocycles. The molecule has 7 N–H and O–H groups in total. The monoisotopic (exact) mass is 553 g/mol. The summed E-state index contributed by atoms with van der Waals surface area (Å²) in [5, 5.41) is 66.9. The molecule has 3 aliphatic rings. The molecular formula is C29H35N3O8. The van der Waals surface area contributed by atoms with Crippen molar-refractivity contribution in [2.24, 2.45) is 23.5 Å². The standard InChI is InChI=1S/C29H35N3O8/c1-11(2)6-7-13(10-30)15-9-8-14-12(3)16-18(23(34)17(14)22(15)33)26(37)29(40)20(24(16)35)21(32(4)5)25(36)19(27(29)38)28(31)39/h8-9,11-13,16,20-21,24,33-35,38,40H,6-7H2,1-5H3,(H2,31,39)/t12-,13?,16+,20+,21-,24-,29-/m0/s1. The maximum Gasteiger partial charge on any atom is 0.255 e. The number of hydrogen-bond acceptors (Lipinski definition) is 10. The van der Waals surface area contributed by atoms with Gasteiger partial charge in [-0.25, -0.2) is 0 Å². The van der Waals surface area contributed by atoms with E-state index in [-0.39, 0.29) is 11.1 Å². The summed E-state index contributed by atoms with van der Waals surface area (Å²) in [4.78, 5) is 40.7. The molecule has 4 rings (SSSR count). The first-order chi connectivity index (χ1) is 18.6. The molecule has 40 heavy (non-hydrogen) atoms. The maximum absolute atomic E-state index is 14.1. The summed E-state index contributed by atoms with van der Waals surface area (Å²) in [5.74, 6) is -9.79. The summed E-state index contributed by atoms with van der Waals surface area (Å²) in [7, 11) is 2.90. The van der Waals surface area contributed by atoms with Crippen LogP contribution in [-0.2, 0) is 14.4 Å². The predicted molar refractivity (Wildman–Crippen MR) is 143 cm³/mol. The van der Waals surface area contributed by atoms with Crippen molar-refractivity contribution < 1.29 is 39.9 Å². The molecule has 0 heterocycles. The molecule has 11 nitrogen and oxygen atoms in total. The molecule has 0 aliphatic heterocycles. The minimum absolute atomic E-state index is 0.113. The molecular weight excluding hydrogens is 518 g/mol. The number of phenols is 1. The van der Waals surface area contributed by atoms with Crippen molar-refractivity contribution in [3.05, 3.63) is 45.7 Å². The van der Waals surface area contributed by atoms with Gasteiger partial charge in [0.05, 0.1) is 35.6 Å². The summed E-state index contributed by atoms with van der Waals surface area (Å²) in [6, 6.07) is 3.98. The second-order valence-corrected chi connectivity index (χ2v) is 11.7. The lowest BCUT2D eigenvalue weighted by atomic mass is 9.54. The van der Waals surface area contributed by atoms with Crippen LogP contribution in [-0.4, -0.2) is 79.7 Å². The predicted octanol–water partition coefficient (Wildman–Crippen LogP) is 1.54. The van der Waals surface area contributed by atoms with Crippen molar-refractivity contribution in [3.63, 3.8) is 0 Å². The Balaban J connectivity index is 1.97. The van der Waals surface area contributed by atoms with Crippen molar-refractivity contribution in [1.29, 1.82) is 5.26 Å². The van der Waals surface area contributed by atoms with E-state index in [9.17, 15) is 45.2 Å². The van der Waals surface area contributed by atoms with Crippen molar-refractivity contribution in [2.75, 3.05) is 14.1 Å². The Hall–Kier alpha value is -3.72. The van der Waals surface area contributed by atoms with Gasteiger partial charge >= 0.3 is 0 Å². The average molecular weight is 554 g/mol. The molecule has 0 bridgehead atoms. The number of carbonyl (C=O) groups is 3. The molecule has 0 radical (unpaired) electrons. The number of carbonyl (C=O) groups excluding carboxylic acids is 3. The number of rotatable bonds is 6. The van der Waals surface area contributed by atoms with Crippen molar-refractivity contribution >= 4 is 23.2 Å². The second kappa shape index (κ2) is 10.0. The molecule has 0 spiro atoms. The number of fused-ring (bicyclic) bond motifs is 3. The van der Waals surface area contributed by atoms with E-state index in [0.29, 0.717) is 24.3 Å². The van der Waals surface area contributed by atoms with Gasteiger partial charge in [-0.15, -0.1) is 0 Å². The van der Waals surface area contributed by atoms with Crippen LogP contribution in [0.3, 0.4) is 0 Å². The number of nitrogens with zero attached hydrogens (tertiary/aromatic N) is 2. The summed E-state index contributed by atoms with van der Waals surface area (Å²) < 4.78 is 0. The molecule has 1 unspecified atom stereocenters. The Morgan fingerprint density at radius 1 is 1.18 bits per heavy atom. The normalized spacial score (nSPS) is 30.6. The Kier molecular flexibility index (Phi) is 7.34. The number of nitrogens with two attached hydrogens (primary N) is 1. The number of aromatic hydroxyl groups is 1. The molecule has 1 saturated carbocycles. The molecule has 1 aromatic carbocycles. The van der Waals surface area contributed by atoms with Gasteiger partial charge in [0.15, 0.2) is 11.4 Å². The molecule has 0 aromatic heterocycles. The van der Waals surface area contributed by atoms with Crippen LogP contribution in [0, 0.1) is 29.1 Å². The van der Waals surface area contributed by atoms with Gasteiger partial charge in [-0.1, -0.05) is 32.9 Å². The summed E-state index contributed by atoms with van der Waals surface area (Å²) >= 11 is 0. The minimum atomic E-state index is -2.97. The number of primary amides is 1. The fourth-order valence-electron chi connectivity index (χ4n) is 6.70. The number of aliphatic hydroxyl groups excluding tert-OH is 3. The van der Waals surface area contributed by atoms with Crippen LogP contribution < -0.4 is 5.73 Å². The number of hydrogen-bond donors (Lipinski definition) is 6. The molecule has 1 amide bonds. The zero-order valence-electron chi connectivity index (χ0n) is 23.0. The number of phenolic OH excluding ortho intramolecular Hbond substituents is 1. The SMILES string of the molecule is CC(C)CCC(C#N)c1ccc2c(c1O)C(O)=C1C(=O)[C@]3(O)C(O)=C(C(N)=O)C(=O)[C@@H](N(C)C)[C@@H]3[C@@H](O)[C@@H]1[C@H]2C. The highest BCUT2D eigenvalue weighted by atomic mass is 16.4. The molecule has 7 atom stereocenters. The molecule has 1 aromatic rings. The fraction of sp³-hybridized carbons (Fsp3) is 0.517. The van der Waals surface area contributed by atoms with Crippen LogP contribution in [0.5, 0.6) is 5.75 Å². The van der Waals surface area contributed by atoms with Gasteiger partial charge < -0.3 is 31.3 Å². The summed E-state index contributed by atoms with van der Waals surface area (Å²) in [6.07, 6.45) is -0.501. The van der Waals surface area contributed by atoms with E-state index in [0.717, 1.165) is 0 Å². The lowest BCUT2D eigenvalue weighted by molar-refractivity contribution is -0.169. The first kappa shape index (κ1) is 29.3. The fourth-order valence-corrected chi connectivity index (χ4v) is 6.70. The third-order valence-corrected chi connectivity index (χ3v) is 8.72. The van der Waals surface area contributed by atoms with Crippen LogP contribution in [0.15, 0.2) is 29.0 Å². The van der Waals surface area contributed by atoms with E-state index >= 15 is 0 Å². The zero-order chi connectivity index (χ0) is 30.0.